The molecule has 0 bridgehead atoms. The highest BCUT2D eigenvalue weighted by Crippen LogP contribution is 2.27. The molecule has 0 aromatic heterocycles. The monoisotopic (exact) mass is 254 g/mol. The second-order valence-corrected chi connectivity index (χ2v) is 3.52. The second-order valence-electron chi connectivity index (χ2n) is 3.08. The van der Waals surface area contributed by atoms with Crippen LogP contribution in [-0.2, 0) is 16.0 Å². The first-order valence-electron chi connectivity index (χ1n) is 4.43. The number of esters is 1. The Morgan fingerprint density at radius 2 is 2.29 bits per heavy atom. The average molecular weight is 255 g/mol. The third kappa shape index (κ3) is 2.92. The van der Waals surface area contributed by atoms with Crippen molar-refractivity contribution in [3.63, 3.8) is 0 Å². The van der Waals surface area contributed by atoms with Crippen LogP contribution in [0.5, 0.6) is 0 Å². The second kappa shape index (κ2) is 5.27. The lowest BCUT2D eigenvalue weighted by molar-refractivity contribution is -0.385. The van der Waals surface area contributed by atoms with E-state index in [-0.39, 0.29) is 22.6 Å². The zero-order chi connectivity index (χ0) is 13.0. The zero-order valence-electron chi connectivity index (χ0n) is 8.77. The van der Waals surface area contributed by atoms with Gasteiger partial charge < -0.3 is 4.74 Å². The predicted octanol–water partition coefficient (Wildman–Crippen LogP) is 1.84. The minimum absolute atomic E-state index is 0.0922. The molecule has 0 amide bonds. The zero-order valence-corrected chi connectivity index (χ0v) is 9.52. The molecule has 0 N–H and O–H groups in total. The van der Waals surface area contributed by atoms with Crippen LogP contribution in [0.3, 0.4) is 0 Å². The van der Waals surface area contributed by atoms with E-state index in [2.05, 4.69) is 4.74 Å². The van der Waals surface area contributed by atoms with Crippen LogP contribution < -0.4 is 0 Å². The lowest BCUT2D eigenvalue weighted by atomic mass is 10.0. The van der Waals surface area contributed by atoms with Crippen LogP contribution in [0, 0.1) is 21.4 Å². The predicted molar refractivity (Wildman–Crippen MR) is 58.5 cm³/mol. The van der Waals surface area contributed by atoms with E-state index >= 15 is 0 Å². The molecule has 7 heteroatoms. The fourth-order valence-corrected chi connectivity index (χ4v) is 1.52. The summed E-state index contributed by atoms with van der Waals surface area (Å²) in [7, 11) is 1.19. The lowest BCUT2D eigenvalue weighted by Gasteiger charge is -2.04. The quantitative estimate of drug-likeness (QED) is 0.466. The van der Waals surface area contributed by atoms with E-state index in [0.717, 1.165) is 6.07 Å². The van der Waals surface area contributed by atoms with Gasteiger partial charge >= 0.3 is 5.97 Å². The van der Waals surface area contributed by atoms with Gasteiger partial charge in [-0.3, -0.25) is 14.9 Å². The highest BCUT2D eigenvalue weighted by molar-refractivity contribution is 6.31. The number of hydrogen-bond acceptors (Lipinski definition) is 5. The Morgan fingerprint density at radius 3 is 2.76 bits per heavy atom. The summed E-state index contributed by atoms with van der Waals surface area (Å²) in [6, 6.07) is 4.10. The Balaban J connectivity index is 3.34. The fourth-order valence-electron chi connectivity index (χ4n) is 1.29. The summed E-state index contributed by atoms with van der Waals surface area (Å²) in [6.07, 6.45) is -0.235. The van der Waals surface area contributed by atoms with Gasteiger partial charge in [-0.2, -0.15) is 5.26 Å². The van der Waals surface area contributed by atoms with Crippen molar-refractivity contribution >= 4 is 23.3 Å². The number of carbonyl (C=O) groups excluding carboxylic acids is 1. The Kier molecular flexibility index (Phi) is 4.01. The molecule has 0 fully saturated rings. The standard InChI is InChI=1S/C10H7ClN2O4/c1-17-10(14)3-6-2-7(11)4-9(13(15)16)8(6)5-12/h2,4H,3H2,1H3. The van der Waals surface area contributed by atoms with Crippen LogP contribution in [0.1, 0.15) is 11.1 Å². The van der Waals surface area contributed by atoms with Crippen molar-refractivity contribution < 1.29 is 14.5 Å². The van der Waals surface area contributed by atoms with Crippen molar-refractivity contribution in [1.82, 2.24) is 0 Å². The van der Waals surface area contributed by atoms with Crippen LogP contribution in [0.4, 0.5) is 5.69 Å². The van der Waals surface area contributed by atoms with Gasteiger partial charge in [-0.05, 0) is 11.6 Å². The van der Waals surface area contributed by atoms with Gasteiger partial charge in [0, 0.05) is 11.1 Å². The molecule has 6 nitrogen and oxygen atoms in total. The summed E-state index contributed by atoms with van der Waals surface area (Å²) in [5.41, 5.74) is -0.415. The van der Waals surface area contributed by atoms with Gasteiger partial charge in [-0.25, -0.2) is 0 Å². The van der Waals surface area contributed by atoms with Crippen molar-refractivity contribution in [2.24, 2.45) is 0 Å². The highest BCUT2D eigenvalue weighted by atomic mass is 35.5. The van der Waals surface area contributed by atoms with Gasteiger partial charge in [0.2, 0.25) is 0 Å². The van der Waals surface area contributed by atoms with Crippen LogP contribution in [0.25, 0.3) is 0 Å². The summed E-state index contributed by atoms with van der Waals surface area (Å²) in [4.78, 5) is 21.1. The van der Waals surface area contributed by atoms with Crippen LogP contribution in [-0.4, -0.2) is 18.0 Å². The number of halogens is 1. The Bertz CT molecular complexity index is 522. The van der Waals surface area contributed by atoms with Crippen molar-refractivity contribution in [3.8, 4) is 6.07 Å². The maximum absolute atomic E-state index is 11.1. The average Bonchev–Trinajstić information content (AvgIpc) is 2.28. The number of nitriles is 1. The largest absolute Gasteiger partial charge is 0.469 e. The number of ether oxygens (including phenoxy) is 1. The summed E-state index contributed by atoms with van der Waals surface area (Å²) in [5.74, 6) is -0.599. The molecule has 0 atom stereocenters. The number of nitro groups is 1. The Labute approximate surface area is 102 Å². The molecule has 0 spiro atoms. The van der Waals surface area contributed by atoms with Gasteiger partial charge in [0.1, 0.15) is 11.6 Å². The van der Waals surface area contributed by atoms with Gasteiger partial charge in [0.25, 0.3) is 5.69 Å². The molecule has 0 saturated carbocycles. The number of methoxy groups -OCH3 is 1. The highest BCUT2D eigenvalue weighted by Gasteiger charge is 2.20. The molecule has 0 heterocycles. The molecule has 1 aromatic carbocycles. The third-order valence-electron chi connectivity index (χ3n) is 2.03. The molecule has 88 valence electrons. The van der Waals surface area contributed by atoms with Gasteiger partial charge in [-0.1, -0.05) is 11.6 Å². The molecule has 0 aliphatic rings. The number of nitrogens with zero attached hydrogens (tertiary/aromatic N) is 2. The summed E-state index contributed by atoms with van der Waals surface area (Å²) in [5, 5.41) is 19.7. The maximum Gasteiger partial charge on any atom is 0.310 e. The van der Waals surface area contributed by atoms with E-state index in [0.29, 0.717) is 0 Å². The number of nitro benzene ring substituents is 1. The van der Waals surface area contributed by atoms with Gasteiger partial charge in [0.15, 0.2) is 0 Å². The number of benzene rings is 1. The van der Waals surface area contributed by atoms with Crippen molar-refractivity contribution in [2.75, 3.05) is 7.11 Å². The lowest BCUT2D eigenvalue weighted by Crippen LogP contribution is -2.07. The van der Waals surface area contributed by atoms with Crippen LogP contribution >= 0.6 is 11.6 Å². The molecular formula is C10H7ClN2O4. The summed E-state index contributed by atoms with van der Waals surface area (Å²) >= 11 is 5.68. The minimum Gasteiger partial charge on any atom is -0.469 e. The first-order chi connectivity index (χ1) is 7.99. The first kappa shape index (κ1) is 12.9. The molecule has 0 saturated heterocycles. The van der Waals surface area contributed by atoms with E-state index in [1.807, 2.05) is 0 Å². The van der Waals surface area contributed by atoms with Crippen LogP contribution in [0.2, 0.25) is 5.02 Å². The molecule has 1 aromatic rings. The maximum atomic E-state index is 11.1. The van der Waals surface area contributed by atoms with Gasteiger partial charge in [0.05, 0.1) is 18.5 Å². The van der Waals surface area contributed by atoms with E-state index < -0.39 is 16.6 Å². The Morgan fingerprint density at radius 1 is 1.65 bits per heavy atom. The molecule has 0 aliphatic carbocycles. The summed E-state index contributed by atoms with van der Waals surface area (Å²) < 4.78 is 4.43. The first-order valence-corrected chi connectivity index (χ1v) is 4.81. The van der Waals surface area contributed by atoms with Crippen molar-refractivity contribution in [2.45, 2.75) is 6.42 Å². The molecule has 0 aliphatic heterocycles. The molecule has 17 heavy (non-hydrogen) atoms. The van der Waals surface area contributed by atoms with E-state index in [4.69, 9.17) is 16.9 Å². The van der Waals surface area contributed by atoms with Crippen LogP contribution in [0.15, 0.2) is 12.1 Å². The summed E-state index contributed by atoms with van der Waals surface area (Å²) in [6.45, 7) is 0. The normalized spacial score (nSPS) is 9.47. The number of rotatable bonds is 3. The topological polar surface area (TPSA) is 93.2 Å². The number of carbonyl (C=O) groups is 1. The van der Waals surface area contributed by atoms with Crippen molar-refractivity contribution in [1.29, 1.82) is 5.26 Å². The smallest absolute Gasteiger partial charge is 0.310 e. The third-order valence-corrected chi connectivity index (χ3v) is 2.25. The molecule has 1 rings (SSSR count). The van der Waals surface area contributed by atoms with Crippen molar-refractivity contribution in [3.05, 3.63) is 38.4 Å². The van der Waals surface area contributed by atoms with E-state index in [9.17, 15) is 14.9 Å². The Hall–Kier alpha value is -2.13. The SMILES string of the molecule is COC(=O)Cc1cc(Cl)cc([N+](=O)[O-])c1C#N. The molecular weight excluding hydrogens is 248 g/mol. The minimum atomic E-state index is -0.717. The van der Waals surface area contributed by atoms with Gasteiger partial charge in [-0.15, -0.1) is 0 Å². The number of hydrogen-bond donors (Lipinski definition) is 0. The molecule has 0 unspecified atom stereocenters. The van der Waals surface area contributed by atoms with E-state index in [1.54, 1.807) is 6.07 Å². The fraction of sp³-hybridized carbons (Fsp3) is 0.200. The molecule has 0 radical (unpaired) electrons. The van der Waals surface area contributed by atoms with E-state index in [1.165, 1.54) is 13.2 Å².